The number of ether oxygens (including phenoxy) is 1. The Bertz CT molecular complexity index is 939. The molecule has 0 spiro atoms. The van der Waals surface area contributed by atoms with E-state index in [1.807, 2.05) is 26.0 Å². The quantitative estimate of drug-likeness (QED) is 0.686. The Balaban J connectivity index is 1.55. The zero-order chi connectivity index (χ0) is 21.1. The van der Waals surface area contributed by atoms with Crippen molar-refractivity contribution in [2.75, 3.05) is 23.4 Å². The van der Waals surface area contributed by atoms with Gasteiger partial charge in [-0.05, 0) is 61.4 Å². The molecule has 6 nitrogen and oxygen atoms in total. The van der Waals surface area contributed by atoms with Gasteiger partial charge in [-0.25, -0.2) is 4.39 Å². The van der Waals surface area contributed by atoms with Crippen LogP contribution in [0.5, 0.6) is 0 Å². The van der Waals surface area contributed by atoms with E-state index < -0.39 is 30.2 Å². The first-order valence-electron chi connectivity index (χ1n) is 9.03. The number of aryl methyl sites for hydroxylation is 2. The number of anilines is 2. The molecule has 1 fully saturated rings. The van der Waals surface area contributed by atoms with Crippen molar-refractivity contribution in [3.63, 3.8) is 0 Å². The maximum atomic E-state index is 13.1. The molecule has 0 unspecified atom stereocenters. The molecule has 1 N–H and O–H groups in total. The molecule has 8 heteroatoms. The number of carbonyl (C=O) groups excluding carboxylic acids is 3. The molecule has 0 saturated carbocycles. The molecule has 2 amide bonds. The number of esters is 1. The van der Waals surface area contributed by atoms with Gasteiger partial charge in [-0.2, -0.15) is 0 Å². The Labute approximate surface area is 176 Å². The van der Waals surface area contributed by atoms with Crippen molar-refractivity contribution in [2.45, 2.75) is 20.3 Å². The van der Waals surface area contributed by atoms with E-state index in [1.54, 1.807) is 0 Å². The van der Waals surface area contributed by atoms with E-state index in [9.17, 15) is 18.8 Å². The van der Waals surface area contributed by atoms with Gasteiger partial charge in [0.2, 0.25) is 5.91 Å². The fraction of sp³-hybridized carbons (Fsp3) is 0.286. The molecule has 3 rings (SSSR count). The number of halogens is 2. The Hall–Kier alpha value is -2.74. The largest absolute Gasteiger partial charge is 0.455 e. The fourth-order valence-corrected chi connectivity index (χ4v) is 3.96. The molecule has 0 radical (unpaired) electrons. The zero-order valence-corrected chi connectivity index (χ0v) is 17.6. The van der Waals surface area contributed by atoms with Gasteiger partial charge < -0.3 is 15.0 Å². The molecule has 0 bridgehead atoms. The molecule has 152 valence electrons. The molecule has 29 heavy (non-hydrogen) atoms. The van der Waals surface area contributed by atoms with Crippen LogP contribution in [-0.4, -0.2) is 30.9 Å². The lowest BCUT2D eigenvalue weighted by molar-refractivity contribution is -0.151. The molecule has 1 saturated heterocycles. The van der Waals surface area contributed by atoms with Gasteiger partial charge in [0, 0.05) is 28.8 Å². The zero-order valence-electron chi connectivity index (χ0n) is 16.0. The summed E-state index contributed by atoms with van der Waals surface area (Å²) in [5, 5.41) is 2.75. The first-order valence-corrected chi connectivity index (χ1v) is 9.83. The topological polar surface area (TPSA) is 75.7 Å². The minimum Gasteiger partial charge on any atom is -0.455 e. The molecule has 0 aliphatic carbocycles. The molecule has 0 aromatic heterocycles. The number of rotatable bonds is 5. The minimum absolute atomic E-state index is 0.0112. The van der Waals surface area contributed by atoms with Crippen LogP contribution in [0.3, 0.4) is 0 Å². The SMILES string of the molecule is Cc1cc(Br)cc(C)c1NC(=O)COC(=O)[C@H]1CC(=O)N(c2ccc(F)cc2)C1. The summed E-state index contributed by atoms with van der Waals surface area (Å²) in [4.78, 5) is 38.1. The maximum Gasteiger partial charge on any atom is 0.311 e. The minimum atomic E-state index is -0.670. The van der Waals surface area contributed by atoms with E-state index in [-0.39, 0.29) is 18.9 Å². The molecule has 2 aromatic carbocycles. The summed E-state index contributed by atoms with van der Waals surface area (Å²) in [6.07, 6.45) is -0.0112. The lowest BCUT2D eigenvalue weighted by atomic mass is 10.1. The fourth-order valence-electron chi connectivity index (χ4n) is 3.27. The number of benzene rings is 2. The van der Waals surface area contributed by atoms with Crippen LogP contribution in [0.4, 0.5) is 15.8 Å². The summed E-state index contributed by atoms with van der Waals surface area (Å²) in [7, 11) is 0. The van der Waals surface area contributed by atoms with Gasteiger partial charge in [0.1, 0.15) is 5.82 Å². The number of hydrogen-bond donors (Lipinski definition) is 1. The van der Waals surface area contributed by atoms with Gasteiger partial charge >= 0.3 is 5.97 Å². The second kappa shape index (κ2) is 8.73. The highest BCUT2D eigenvalue weighted by atomic mass is 79.9. The Morgan fingerprint density at radius 3 is 2.45 bits per heavy atom. The monoisotopic (exact) mass is 462 g/mol. The summed E-state index contributed by atoms with van der Waals surface area (Å²) in [5.41, 5.74) is 2.96. The number of amides is 2. The van der Waals surface area contributed by atoms with Crippen LogP contribution in [0.2, 0.25) is 0 Å². The van der Waals surface area contributed by atoms with Gasteiger partial charge in [-0.15, -0.1) is 0 Å². The van der Waals surface area contributed by atoms with Gasteiger partial charge in [0.25, 0.3) is 5.91 Å². The maximum absolute atomic E-state index is 13.1. The van der Waals surface area contributed by atoms with Crippen LogP contribution in [0.1, 0.15) is 17.5 Å². The molecule has 1 atom stereocenters. The number of nitrogens with one attached hydrogen (secondary N) is 1. The van der Waals surface area contributed by atoms with Crippen LogP contribution < -0.4 is 10.2 Å². The van der Waals surface area contributed by atoms with Crippen LogP contribution in [-0.2, 0) is 19.1 Å². The van der Waals surface area contributed by atoms with Gasteiger partial charge in [0.05, 0.1) is 5.92 Å². The highest BCUT2D eigenvalue weighted by Gasteiger charge is 2.36. The molecule has 1 aliphatic rings. The van der Waals surface area contributed by atoms with E-state index >= 15 is 0 Å². The Morgan fingerprint density at radius 2 is 1.83 bits per heavy atom. The first-order chi connectivity index (χ1) is 13.7. The van der Waals surface area contributed by atoms with Crippen molar-refractivity contribution < 1.29 is 23.5 Å². The normalized spacial score (nSPS) is 16.1. The van der Waals surface area contributed by atoms with Crippen molar-refractivity contribution in [3.05, 3.63) is 57.8 Å². The predicted molar refractivity (Wildman–Crippen MR) is 110 cm³/mol. The third kappa shape index (κ3) is 5.00. The summed E-state index contributed by atoms with van der Waals surface area (Å²) < 4.78 is 19.1. The van der Waals surface area contributed by atoms with Crippen molar-refractivity contribution >= 4 is 45.1 Å². The van der Waals surface area contributed by atoms with E-state index in [1.165, 1.54) is 29.2 Å². The van der Waals surface area contributed by atoms with Crippen LogP contribution >= 0.6 is 15.9 Å². The Morgan fingerprint density at radius 1 is 1.21 bits per heavy atom. The summed E-state index contributed by atoms with van der Waals surface area (Å²) in [5.74, 6) is -2.38. The third-order valence-electron chi connectivity index (χ3n) is 4.70. The van der Waals surface area contributed by atoms with Crippen LogP contribution in [0, 0.1) is 25.6 Å². The predicted octanol–water partition coefficient (Wildman–Crippen LogP) is 3.74. The first kappa shape index (κ1) is 21.0. The van der Waals surface area contributed by atoms with Gasteiger partial charge in [-0.3, -0.25) is 14.4 Å². The van der Waals surface area contributed by atoms with Crippen molar-refractivity contribution in [2.24, 2.45) is 5.92 Å². The highest BCUT2D eigenvalue weighted by molar-refractivity contribution is 9.10. The second-order valence-electron chi connectivity index (χ2n) is 6.95. The average Bonchev–Trinajstić information content (AvgIpc) is 3.05. The standard InChI is InChI=1S/C21H20BrFN2O4/c1-12-7-15(22)8-13(2)20(12)24-18(26)11-29-21(28)14-9-19(27)25(10-14)17-5-3-16(23)4-6-17/h3-8,14H,9-11H2,1-2H3,(H,24,26)/t14-/m0/s1. The smallest absolute Gasteiger partial charge is 0.311 e. The molecular weight excluding hydrogens is 443 g/mol. The summed E-state index contributed by atoms with van der Waals surface area (Å²) in [6.45, 7) is 3.44. The lowest BCUT2D eigenvalue weighted by Gasteiger charge is -2.16. The van der Waals surface area contributed by atoms with E-state index in [4.69, 9.17) is 4.74 Å². The van der Waals surface area contributed by atoms with Crippen molar-refractivity contribution in [1.82, 2.24) is 0 Å². The van der Waals surface area contributed by atoms with E-state index in [0.29, 0.717) is 11.4 Å². The van der Waals surface area contributed by atoms with Gasteiger partial charge in [-0.1, -0.05) is 15.9 Å². The summed E-state index contributed by atoms with van der Waals surface area (Å²) >= 11 is 3.40. The second-order valence-corrected chi connectivity index (χ2v) is 7.87. The number of hydrogen-bond acceptors (Lipinski definition) is 4. The third-order valence-corrected chi connectivity index (χ3v) is 5.16. The summed E-state index contributed by atoms with van der Waals surface area (Å²) in [6, 6.07) is 9.23. The van der Waals surface area contributed by atoms with Crippen LogP contribution in [0.25, 0.3) is 0 Å². The van der Waals surface area contributed by atoms with E-state index in [0.717, 1.165) is 15.6 Å². The molecule has 1 heterocycles. The molecular formula is C21H20BrFN2O4. The van der Waals surface area contributed by atoms with E-state index in [2.05, 4.69) is 21.2 Å². The highest BCUT2D eigenvalue weighted by Crippen LogP contribution is 2.27. The van der Waals surface area contributed by atoms with Crippen molar-refractivity contribution in [1.29, 1.82) is 0 Å². The average molecular weight is 463 g/mol. The molecule has 2 aromatic rings. The number of carbonyl (C=O) groups is 3. The Kier molecular flexibility index (Phi) is 6.32. The van der Waals surface area contributed by atoms with Gasteiger partial charge in [0.15, 0.2) is 6.61 Å². The van der Waals surface area contributed by atoms with Crippen LogP contribution in [0.15, 0.2) is 40.9 Å². The molecule has 1 aliphatic heterocycles. The van der Waals surface area contributed by atoms with Crippen molar-refractivity contribution in [3.8, 4) is 0 Å². The lowest BCUT2D eigenvalue weighted by Crippen LogP contribution is -2.28. The number of nitrogens with zero attached hydrogens (tertiary/aromatic N) is 1.